The van der Waals surface area contributed by atoms with Crippen LogP contribution in [0.15, 0.2) is 66.9 Å². The van der Waals surface area contributed by atoms with Crippen LogP contribution in [0, 0.1) is 0 Å². The average Bonchev–Trinajstić information content (AvgIpc) is 3.12. The van der Waals surface area contributed by atoms with Gasteiger partial charge in [0.1, 0.15) is 5.69 Å². The van der Waals surface area contributed by atoms with Crippen molar-refractivity contribution in [2.45, 2.75) is 13.0 Å². The lowest BCUT2D eigenvalue weighted by Crippen LogP contribution is -2.32. The van der Waals surface area contributed by atoms with Gasteiger partial charge in [-0.25, -0.2) is 4.68 Å². The molecule has 0 saturated heterocycles. The lowest BCUT2D eigenvalue weighted by atomic mass is 10.2. The molecule has 3 aromatic rings. The number of aromatic nitrogens is 3. The third-order valence-electron chi connectivity index (χ3n) is 3.58. The van der Waals surface area contributed by atoms with Crippen LogP contribution < -0.4 is 10.6 Å². The van der Waals surface area contributed by atoms with E-state index in [0.29, 0.717) is 5.69 Å². The molecule has 3 rings (SSSR count). The first-order chi connectivity index (χ1) is 11.7. The molecule has 0 aliphatic rings. The topological polar surface area (TPSA) is 71.8 Å². The summed E-state index contributed by atoms with van der Waals surface area (Å²) in [6, 6.07) is 19.1. The summed E-state index contributed by atoms with van der Waals surface area (Å²) in [5, 5.41) is 14.2. The maximum absolute atomic E-state index is 12.0. The molecule has 1 atom stereocenters. The predicted octanol–water partition coefficient (Wildman–Crippen LogP) is 2.56. The second-order valence-corrected chi connectivity index (χ2v) is 5.43. The van der Waals surface area contributed by atoms with Crippen molar-refractivity contribution in [3.05, 3.63) is 72.6 Å². The van der Waals surface area contributed by atoms with Gasteiger partial charge >= 0.3 is 0 Å². The van der Waals surface area contributed by atoms with Crippen molar-refractivity contribution in [2.24, 2.45) is 0 Å². The van der Waals surface area contributed by atoms with E-state index >= 15 is 0 Å². The molecule has 0 spiro atoms. The van der Waals surface area contributed by atoms with Gasteiger partial charge in [-0.2, -0.15) is 0 Å². The van der Waals surface area contributed by atoms with E-state index in [2.05, 4.69) is 20.9 Å². The van der Waals surface area contributed by atoms with Gasteiger partial charge in [-0.15, -0.1) is 5.10 Å². The summed E-state index contributed by atoms with van der Waals surface area (Å²) in [5.74, 6) is -0.0967. The number of para-hydroxylation sites is 2. The number of nitrogens with zero attached hydrogens (tertiary/aromatic N) is 3. The Kier molecular flexibility index (Phi) is 4.86. The number of amides is 1. The smallest absolute Gasteiger partial charge is 0.239 e. The van der Waals surface area contributed by atoms with Gasteiger partial charge in [0.05, 0.1) is 24.5 Å². The second-order valence-electron chi connectivity index (χ2n) is 5.43. The van der Waals surface area contributed by atoms with Crippen LogP contribution in [0.1, 0.15) is 18.7 Å². The van der Waals surface area contributed by atoms with Crippen molar-refractivity contribution in [1.82, 2.24) is 20.3 Å². The van der Waals surface area contributed by atoms with Crippen LogP contribution in [0.4, 0.5) is 5.69 Å². The molecule has 122 valence electrons. The van der Waals surface area contributed by atoms with Crippen LogP contribution in [-0.2, 0) is 4.79 Å². The summed E-state index contributed by atoms with van der Waals surface area (Å²) in [5.41, 5.74) is 2.56. The van der Waals surface area contributed by atoms with E-state index in [1.165, 1.54) is 0 Å². The average molecular weight is 321 g/mol. The van der Waals surface area contributed by atoms with Crippen molar-refractivity contribution in [2.75, 3.05) is 11.9 Å². The van der Waals surface area contributed by atoms with E-state index in [9.17, 15) is 4.79 Å². The lowest BCUT2D eigenvalue weighted by Gasteiger charge is -2.12. The Hall–Kier alpha value is -3.15. The lowest BCUT2D eigenvalue weighted by molar-refractivity contribution is -0.120. The SMILES string of the molecule is C[C@@H](NC(=O)CNc1ccccc1)c1cn(-c2ccccc2)nn1. The fraction of sp³-hybridized carbons (Fsp3) is 0.167. The van der Waals surface area contributed by atoms with E-state index in [0.717, 1.165) is 11.4 Å². The van der Waals surface area contributed by atoms with E-state index in [-0.39, 0.29) is 18.5 Å². The van der Waals surface area contributed by atoms with E-state index in [1.54, 1.807) is 4.68 Å². The highest BCUT2D eigenvalue weighted by Crippen LogP contribution is 2.11. The minimum Gasteiger partial charge on any atom is -0.376 e. The first-order valence-electron chi connectivity index (χ1n) is 7.78. The molecule has 2 N–H and O–H groups in total. The van der Waals surface area contributed by atoms with Gasteiger partial charge in [-0.1, -0.05) is 41.6 Å². The van der Waals surface area contributed by atoms with Crippen LogP contribution in [0.3, 0.4) is 0 Å². The summed E-state index contributed by atoms with van der Waals surface area (Å²) in [7, 11) is 0. The summed E-state index contributed by atoms with van der Waals surface area (Å²) < 4.78 is 1.69. The summed E-state index contributed by atoms with van der Waals surface area (Å²) in [4.78, 5) is 12.0. The van der Waals surface area contributed by atoms with E-state index in [4.69, 9.17) is 0 Å². The molecule has 2 aromatic carbocycles. The number of rotatable bonds is 6. The van der Waals surface area contributed by atoms with Gasteiger partial charge in [-0.3, -0.25) is 4.79 Å². The molecule has 6 heteroatoms. The van der Waals surface area contributed by atoms with Gasteiger partial charge in [0.25, 0.3) is 0 Å². The summed E-state index contributed by atoms with van der Waals surface area (Å²) in [6.07, 6.45) is 1.82. The second kappa shape index (κ2) is 7.41. The molecular weight excluding hydrogens is 302 g/mol. The maximum atomic E-state index is 12.0. The Bertz CT molecular complexity index is 785. The number of carbonyl (C=O) groups is 1. The zero-order valence-electron chi connectivity index (χ0n) is 13.4. The third kappa shape index (κ3) is 3.98. The summed E-state index contributed by atoms with van der Waals surface area (Å²) >= 11 is 0. The molecule has 6 nitrogen and oxygen atoms in total. The van der Waals surface area contributed by atoms with Gasteiger partial charge in [0.2, 0.25) is 5.91 Å². The molecule has 0 radical (unpaired) electrons. The zero-order chi connectivity index (χ0) is 16.8. The molecule has 1 amide bonds. The molecule has 0 saturated carbocycles. The molecule has 24 heavy (non-hydrogen) atoms. The van der Waals surface area contributed by atoms with Crippen LogP contribution in [0.25, 0.3) is 5.69 Å². The third-order valence-corrected chi connectivity index (χ3v) is 3.58. The van der Waals surface area contributed by atoms with Crippen molar-refractivity contribution in [1.29, 1.82) is 0 Å². The number of anilines is 1. The number of nitrogens with one attached hydrogen (secondary N) is 2. The normalized spacial score (nSPS) is 11.7. The molecule has 0 bridgehead atoms. The number of hydrogen-bond donors (Lipinski definition) is 2. The van der Waals surface area contributed by atoms with Crippen LogP contribution >= 0.6 is 0 Å². The monoisotopic (exact) mass is 321 g/mol. The predicted molar refractivity (Wildman–Crippen MR) is 92.8 cm³/mol. The first kappa shape index (κ1) is 15.7. The number of hydrogen-bond acceptors (Lipinski definition) is 4. The molecule has 0 unspecified atom stereocenters. The molecule has 0 aliphatic heterocycles. The van der Waals surface area contributed by atoms with Gasteiger partial charge in [0, 0.05) is 5.69 Å². The Morgan fingerprint density at radius 1 is 1.08 bits per heavy atom. The molecule has 0 aliphatic carbocycles. The molecule has 0 fully saturated rings. The Morgan fingerprint density at radius 2 is 1.75 bits per heavy atom. The largest absolute Gasteiger partial charge is 0.376 e. The molecule has 1 aromatic heterocycles. The van der Waals surface area contributed by atoms with Gasteiger partial charge < -0.3 is 10.6 Å². The quantitative estimate of drug-likeness (QED) is 0.732. The van der Waals surface area contributed by atoms with Gasteiger partial charge in [0.15, 0.2) is 0 Å². The highest BCUT2D eigenvalue weighted by atomic mass is 16.2. The fourth-order valence-corrected chi connectivity index (χ4v) is 2.29. The highest BCUT2D eigenvalue weighted by molar-refractivity contribution is 5.81. The molecular formula is C18H19N5O. The number of benzene rings is 2. The van der Waals surface area contributed by atoms with Crippen molar-refractivity contribution < 1.29 is 4.79 Å². The Morgan fingerprint density at radius 3 is 2.46 bits per heavy atom. The van der Waals surface area contributed by atoms with E-state index < -0.39 is 0 Å². The minimum atomic E-state index is -0.215. The molecule has 1 heterocycles. The zero-order valence-corrected chi connectivity index (χ0v) is 13.4. The van der Waals surface area contributed by atoms with Crippen molar-refractivity contribution in [3.8, 4) is 5.69 Å². The standard InChI is InChI=1S/C18H19N5O/c1-14(20-18(24)12-19-15-8-4-2-5-9-15)17-13-23(22-21-17)16-10-6-3-7-11-16/h2-11,13-14,19H,12H2,1H3,(H,20,24)/t14-/m1/s1. The number of carbonyl (C=O) groups excluding carboxylic acids is 1. The first-order valence-corrected chi connectivity index (χ1v) is 7.78. The van der Waals surface area contributed by atoms with Crippen LogP contribution in [0.5, 0.6) is 0 Å². The van der Waals surface area contributed by atoms with Crippen molar-refractivity contribution in [3.63, 3.8) is 0 Å². The Balaban J connectivity index is 1.56. The Labute approximate surface area is 140 Å². The highest BCUT2D eigenvalue weighted by Gasteiger charge is 2.13. The fourth-order valence-electron chi connectivity index (χ4n) is 2.29. The van der Waals surface area contributed by atoms with Gasteiger partial charge in [-0.05, 0) is 31.2 Å². The van der Waals surface area contributed by atoms with E-state index in [1.807, 2.05) is 73.8 Å². The van der Waals surface area contributed by atoms with Crippen molar-refractivity contribution >= 4 is 11.6 Å². The van der Waals surface area contributed by atoms with Crippen LogP contribution in [0.2, 0.25) is 0 Å². The minimum absolute atomic E-state index is 0.0967. The van der Waals surface area contributed by atoms with Crippen LogP contribution in [-0.4, -0.2) is 27.4 Å². The maximum Gasteiger partial charge on any atom is 0.239 e. The summed E-state index contributed by atoms with van der Waals surface area (Å²) in [6.45, 7) is 2.10.